The van der Waals surface area contributed by atoms with E-state index >= 15 is 0 Å². The summed E-state index contributed by atoms with van der Waals surface area (Å²) in [4.78, 5) is -2.47. The molecule has 8 heteroatoms. The summed E-state index contributed by atoms with van der Waals surface area (Å²) in [5.41, 5.74) is -0.141. The van der Waals surface area contributed by atoms with Crippen LogP contribution < -0.4 is 0 Å². The SMILES string of the molecule is CC1(C)C2C(Cl)C(Cl)C1C1C2C2(Cl)C(Cl)=C(Cl)C1(Cl)C2(Cl)Cl. The van der Waals surface area contributed by atoms with Crippen molar-refractivity contribution >= 4 is 92.8 Å². The first-order valence-corrected chi connectivity index (χ1v) is 10.1. The van der Waals surface area contributed by atoms with Crippen molar-refractivity contribution in [1.82, 2.24) is 0 Å². The highest BCUT2D eigenvalue weighted by atomic mass is 35.5. The third-order valence-electron chi connectivity index (χ3n) is 6.53. The molecule has 4 rings (SSSR count). The van der Waals surface area contributed by atoms with Gasteiger partial charge in [0.15, 0.2) is 4.33 Å². The molecule has 0 nitrogen and oxygen atoms in total. The van der Waals surface area contributed by atoms with Gasteiger partial charge >= 0.3 is 0 Å². The molecule has 22 heavy (non-hydrogen) atoms. The van der Waals surface area contributed by atoms with Crippen molar-refractivity contribution in [3.63, 3.8) is 0 Å². The molecule has 8 unspecified atom stereocenters. The molecule has 0 amide bonds. The maximum absolute atomic E-state index is 6.93. The van der Waals surface area contributed by atoms with Crippen LogP contribution in [0.2, 0.25) is 0 Å². The third-order valence-corrected chi connectivity index (χ3v) is 12.0. The first kappa shape index (κ1) is 17.5. The monoisotopic (exact) mass is 460 g/mol. The van der Waals surface area contributed by atoms with E-state index in [1.165, 1.54) is 0 Å². The predicted molar refractivity (Wildman–Crippen MR) is 97.4 cm³/mol. The fourth-order valence-electron chi connectivity index (χ4n) is 5.77. The highest BCUT2D eigenvalue weighted by Crippen LogP contribution is 2.85. The Hall–Kier alpha value is 2.06. The Labute approximate surface area is 169 Å². The van der Waals surface area contributed by atoms with Gasteiger partial charge in [-0.15, -0.1) is 46.4 Å². The summed E-state index contributed by atoms with van der Waals surface area (Å²) in [6, 6.07) is 0. The second-order valence-electron chi connectivity index (χ2n) is 7.44. The molecular weight excluding hydrogens is 452 g/mol. The molecule has 3 saturated carbocycles. The third kappa shape index (κ3) is 1.38. The molecule has 0 spiro atoms. The van der Waals surface area contributed by atoms with E-state index in [1.54, 1.807) is 0 Å². The average molecular weight is 464 g/mol. The van der Waals surface area contributed by atoms with Gasteiger partial charge in [0.2, 0.25) is 0 Å². The molecule has 0 saturated heterocycles. The molecule has 4 aliphatic rings. The van der Waals surface area contributed by atoms with Crippen LogP contribution >= 0.6 is 92.8 Å². The van der Waals surface area contributed by atoms with Gasteiger partial charge in [-0.05, 0) is 29.1 Å². The van der Waals surface area contributed by atoms with Crippen LogP contribution in [0.5, 0.6) is 0 Å². The number of hydrogen-bond acceptors (Lipinski definition) is 0. The zero-order chi connectivity index (χ0) is 16.6. The van der Waals surface area contributed by atoms with Crippen molar-refractivity contribution in [2.75, 3.05) is 0 Å². The van der Waals surface area contributed by atoms with E-state index in [1.807, 2.05) is 0 Å². The second kappa shape index (κ2) is 4.48. The molecule has 0 aliphatic heterocycles. The van der Waals surface area contributed by atoms with Gasteiger partial charge in [-0.3, -0.25) is 0 Å². The van der Waals surface area contributed by atoms with Crippen LogP contribution in [0.15, 0.2) is 10.1 Å². The van der Waals surface area contributed by atoms with Crippen LogP contribution in [0, 0.1) is 29.1 Å². The van der Waals surface area contributed by atoms with E-state index < -0.39 is 14.1 Å². The van der Waals surface area contributed by atoms with Crippen LogP contribution in [0.1, 0.15) is 13.8 Å². The molecule has 0 N–H and O–H groups in total. The van der Waals surface area contributed by atoms with Gasteiger partial charge in [-0.2, -0.15) is 0 Å². The van der Waals surface area contributed by atoms with Gasteiger partial charge in [0.05, 0.1) is 20.8 Å². The summed E-state index contributed by atoms with van der Waals surface area (Å²) in [6.07, 6.45) is 0. The lowest BCUT2D eigenvalue weighted by Crippen LogP contribution is -2.48. The molecule has 0 radical (unpaired) electrons. The van der Waals surface area contributed by atoms with E-state index in [2.05, 4.69) is 13.8 Å². The van der Waals surface area contributed by atoms with Gasteiger partial charge in [-0.25, -0.2) is 0 Å². The van der Waals surface area contributed by atoms with Crippen LogP contribution in [0.25, 0.3) is 0 Å². The molecule has 0 aromatic carbocycles. The molecule has 8 atom stereocenters. The number of rotatable bonds is 0. The number of hydrogen-bond donors (Lipinski definition) is 0. The fraction of sp³-hybridized carbons (Fsp3) is 0.857. The Balaban J connectivity index is 2.02. The topological polar surface area (TPSA) is 0 Å². The Kier molecular flexibility index (Phi) is 3.56. The zero-order valence-corrected chi connectivity index (χ0v) is 17.5. The van der Waals surface area contributed by atoms with E-state index in [0.717, 1.165) is 0 Å². The van der Waals surface area contributed by atoms with E-state index in [9.17, 15) is 0 Å². The highest BCUT2D eigenvalue weighted by molar-refractivity contribution is 6.65. The summed E-state index contributed by atoms with van der Waals surface area (Å²) in [5.74, 6) is -0.288. The van der Waals surface area contributed by atoms with E-state index in [0.29, 0.717) is 0 Å². The first-order chi connectivity index (χ1) is 9.87. The lowest BCUT2D eigenvalue weighted by Gasteiger charge is -2.42. The van der Waals surface area contributed by atoms with Crippen LogP contribution in [-0.2, 0) is 0 Å². The van der Waals surface area contributed by atoms with Crippen molar-refractivity contribution in [3.8, 4) is 0 Å². The maximum Gasteiger partial charge on any atom is 0.166 e. The first-order valence-electron chi connectivity index (χ1n) is 6.98. The minimum absolute atomic E-state index is 0.0141. The summed E-state index contributed by atoms with van der Waals surface area (Å²) < 4.78 is -1.50. The quantitative estimate of drug-likeness (QED) is 0.282. The lowest BCUT2D eigenvalue weighted by molar-refractivity contribution is 0.218. The van der Waals surface area contributed by atoms with E-state index in [-0.39, 0.29) is 49.9 Å². The van der Waals surface area contributed by atoms with E-state index in [4.69, 9.17) is 92.8 Å². The molecule has 0 heterocycles. The fourth-order valence-corrected chi connectivity index (χ4v) is 10.1. The van der Waals surface area contributed by atoms with Crippen molar-refractivity contribution in [1.29, 1.82) is 0 Å². The van der Waals surface area contributed by atoms with Crippen molar-refractivity contribution in [3.05, 3.63) is 10.1 Å². The largest absolute Gasteiger partial charge is 0.166 e. The van der Waals surface area contributed by atoms with Gasteiger partial charge in [0.25, 0.3) is 0 Å². The Morgan fingerprint density at radius 3 is 1.32 bits per heavy atom. The van der Waals surface area contributed by atoms with Crippen molar-refractivity contribution in [2.45, 2.75) is 38.7 Å². The van der Waals surface area contributed by atoms with Gasteiger partial charge in [0, 0.05) is 0 Å². The minimum atomic E-state index is -1.50. The number of halogens is 8. The highest BCUT2D eigenvalue weighted by Gasteiger charge is 2.89. The predicted octanol–water partition coefficient (Wildman–Crippen LogP) is 6.56. The summed E-state index contributed by atoms with van der Waals surface area (Å²) in [7, 11) is 0. The molecule has 4 bridgehead atoms. The van der Waals surface area contributed by atoms with Crippen LogP contribution in [-0.4, -0.2) is 24.8 Å². The summed E-state index contributed by atoms with van der Waals surface area (Å²) >= 11 is 53.3. The Bertz CT molecular complexity index is 564. The maximum atomic E-state index is 6.93. The van der Waals surface area contributed by atoms with Gasteiger partial charge in [-0.1, -0.05) is 60.3 Å². The number of fused-ring (bicyclic) bond motifs is 9. The Morgan fingerprint density at radius 2 is 1.00 bits per heavy atom. The second-order valence-corrected chi connectivity index (χ2v) is 11.7. The van der Waals surface area contributed by atoms with Gasteiger partial charge < -0.3 is 0 Å². The molecule has 4 aliphatic carbocycles. The average Bonchev–Trinajstić information content (AvgIpc) is 2.85. The molecule has 0 aromatic heterocycles. The smallest absolute Gasteiger partial charge is 0.121 e. The number of alkyl halides is 6. The molecular formula is C14H12Cl8. The Morgan fingerprint density at radius 1 is 0.682 bits per heavy atom. The molecule has 0 aromatic rings. The summed E-state index contributed by atoms with van der Waals surface area (Å²) in [6.45, 7) is 4.29. The molecule has 124 valence electrons. The van der Waals surface area contributed by atoms with Crippen LogP contribution in [0.4, 0.5) is 0 Å². The molecule has 3 fully saturated rings. The zero-order valence-electron chi connectivity index (χ0n) is 11.5. The van der Waals surface area contributed by atoms with Crippen LogP contribution in [0.3, 0.4) is 0 Å². The number of allylic oxidation sites excluding steroid dienone is 2. The van der Waals surface area contributed by atoms with Gasteiger partial charge in [0.1, 0.15) is 9.75 Å². The summed E-state index contributed by atoms with van der Waals surface area (Å²) in [5, 5.41) is 0.0295. The lowest BCUT2D eigenvalue weighted by atomic mass is 9.72. The minimum Gasteiger partial charge on any atom is -0.121 e. The van der Waals surface area contributed by atoms with Crippen molar-refractivity contribution < 1.29 is 0 Å². The standard InChI is InChI=1S/C14H12Cl8/c1-11(2)5-3-4(6(11)8(16)7(5)15)13(20)10(18)9(17)12(3,19)14(13,21)22/h3-8H,1-2H3. The van der Waals surface area contributed by atoms with Crippen molar-refractivity contribution in [2.24, 2.45) is 29.1 Å². The normalized spacial score (nSPS) is 60.3.